The summed E-state index contributed by atoms with van der Waals surface area (Å²) in [6.45, 7) is 1.90. The number of H-pyrrole nitrogens is 1. The molecule has 0 saturated heterocycles. The van der Waals surface area contributed by atoms with Gasteiger partial charge in [-0.25, -0.2) is 4.98 Å². The molecule has 7 heteroatoms. The summed E-state index contributed by atoms with van der Waals surface area (Å²) in [6.07, 6.45) is 1.23. The van der Waals surface area contributed by atoms with Gasteiger partial charge in [0.2, 0.25) is 5.82 Å². The summed E-state index contributed by atoms with van der Waals surface area (Å²) in [4.78, 5) is 27.5. The van der Waals surface area contributed by atoms with Crippen LogP contribution in [0.15, 0.2) is 6.33 Å². The standard InChI is InChI=1S/C8H12N4O3/c1-3-15-6(13)4-12(2)8(14)7-9-5-10-11-7/h5H,3-4H2,1-2H3,(H,9,10,11). The Kier molecular flexibility index (Phi) is 3.78. The van der Waals surface area contributed by atoms with Crippen LogP contribution in [0.5, 0.6) is 0 Å². The van der Waals surface area contributed by atoms with Crippen LogP contribution in [0.3, 0.4) is 0 Å². The monoisotopic (exact) mass is 212 g/mol. The number of hydrogen-bond donors (Lipinski definition) is 1. The molecule has 0 aliphatic carbocycles. The Morgan fingerprint density at radius 2 is 2.33 bits per heavy atom. The van der Waals surface area contributed by atoms with E-state index in [1.54, 1.807) is 6.92 Å². The van der Waals surface area contributed by atoms with E-state index >= 15 is 0 Å². The van der Waals surface area contributed by atoms with Gasteiger partial charge in [-0.15, -0.1) is 0 Å². The smallest absolute Gasteiger partial charge is 0.325 e. The van der Waals surface area contributed by atoms with E-state index in [9.17, 15) is 9.59 Å². The van der Waals surface area contributed by atoms with Crippen LogP contribution >= 0.6 is 0 Å². The molecule has 0 aliphatic heterocycles. The van der Waals surface area contributed by atoms with Crippen molar-refractivity contribution in [3.8, 4) is 0 Å². The third-order valence-corrected chi connectivity index (χ3v) is 1.64. The second kappa shape index (κ2) is 5.08. The second-order valence-corrected chi connectivity index (χ2v) is 2.80. The van der Waals surface area contributed by atoms with Crippen molar-refractivity contribution in [2.24, 2.45) is 0 Å². The highest BCUT2D eigenvalue weighted by Gasteiger charge is 2.17. The molecule has 0 unspecified atom stereocenters. The topological polar surface area (TPSA) is 88.2 Å². The molecule has 0 aromatic carbocycles. The first-order valence-electron chi connectivity index (χ1n) is 4.41. The number of nitrogens with zero attached hydrogens (tertiary/aromatic N) is 3. The summed E-state index contributed by atoms with van der Waals surface area (Å²) in [5.41, 5.74) is 0. The normalized spacial score (nSPS) is 9.73. The van der Waals surface area contributed by atoms with Gasteiger partial charge >= 0.3 is 5.97 Å². The van der Waals surface area contributed by atoms with Crippen LogP contribution in [0.1, 0.15) is 17.5 Å². The molecule has 1 rings (SSSR count). The molecule has 15 heavy (non-hydrogen) atoms. The van der Waals surface area contributed by atoms with E-state index in [1.165, 1.54) is 18.3 Å². The number of nitrogens with one attached hydrogen (secondary N) is 1. The summed E-state index contributed by atoms with van der Waals surface area (Å²) in [6, 6.07) is 0. The molecule has 1 amide bonds. The molecule has 82 valence electrons. The van der Waals surface area contributed by atoms with Crippen molar-refractivity contribution < 1.29 is 14.3 Å². The van der Waals surface area contributed by atoms with Crippen LogP contribution in [0.2, 0.25) is 0 Å². The van der Waals surface area contributed by atoms with E-state index in [4.69, 9.17) is 4.74 Å². The van der Waals surface area contributed by atoms with Gasteiger partial charge < -0.3 is 9.64 Å². The van der Waals surface area contributed by atoms with Crippen molar-refractivity contribution >= 4 is 11.9 Å². The van der Waals surface area contributed by atoms with Gasteiger partial charge in [0.25, 0.3) is 5.91 Å². The van der Waals surface area contributed by atoms with Gasteiger partial charge in [0.1, 0.15) is 12.9 Å². The van der Waals surface area contributed by atoms with Crippen LogP contribution in [-0.4, -0.2) is 52.2 Å². The zero-order chi connectivity index (χ0) is 11.3. The van der Waals surface area contributed by atoms with Crippen molar-refractivity contribution in [1.29, 1.82) is 0 Å². The van der Waals surface area contributed by atoms with Crippen LogP contribution in [0, 0.1) is 0 Å². The maximum Gasteiger partial charge on any atom is 0.325 e. The molecule has 7 nitrogen and oxygen atoms in total. The van der Waals surface area contributed by atoms with E-state index in [-0.39, 0.29) is 12.4 Å². The Morgan fingerprint density at radius 1 is 1.60 bits per heavy atom. The summed E-state index contributed by atoms with van der Waals surface area (Å²) >= 11 is 0. The number of carbonyl (C=O) groups is 2. The average Bonchev–Trinajstić information content (AvgIpc) is 2.69. The van der Waals surface area contributed by atoms with Crippen molar-refractivity contribution in [2.75, 3.05) is 20.2 Å². The molecule has 0 fully saturated rings. The molecule has 1 aromatic rings. The quantitative estimate of drug-likeness (QED) is 0.676. The molecule has 0 spiro atoms. The van der Waals surface area contributed by atoms with Gasteiger partial charge in [-0.05, 0) is 6.92 Å². The van der Waals surface area contributed by atoms with Crippen LogP contribution < -0.4 is 0 Å². The fraction of sp³-hybridized carbons (Fsp3) is 0.500. The summed E-state index contributed by atoms with van der Waals surface area (Å²) in [5, 5.41) is 5.96. The number of likely N-dealkylation sites (N-methyl/N-ethyl adjacent to an activating group) is 1. The highest BCUT2D eigenvalue weighted by atomic mass is 16.5. The highest BCUT2D eigenvalue weighted by molar-refractivity contribution is 5.92. The molecule has 0 saturated carbocycles. The first-order chi connectivity index (χ1) is 7.15. The van der Waals surface area contributed by atoms with Crippen molar-refractivity contribution in [2.45, 2.75) is 6.92 Å². The van der Waals surface area contributed by atoms with Crippen molar-refractivity contribution in [3.05, 3.63) is 12.2 Å². The number of amides is 1. The Morgan fingerprint density at radius 3 is 2.87 bits per heavy atom. The molecule has 0 atom stereocenters. The number of aromatic nitrogens is 3. The van der Waals surface area contributed by atoms with Crippen molar-refractivity contribution in [3.63, 3.8) is 0 Å². The molecular formula is C8H12N4O3. The Balaban J connectivity index is 2.51. The largest absolute Gasteiger partial charge is 0.465 e. The fourth-order valence-electron chi connectivity index (χ4n) is 0.961. The van der Waals surface area contributed by atoms with E-state index in [2.05, 4.69) is 15.2 Å². The molecule has 0 radical (unpaired) electrons. The predicted octanol–water partition coefficient (Wildman–Crippen LogP) is -0.560. The number of carbonyl (C=O) groups excluding carboxylic acids is 2. The lowest BCUT2D eigenvalue weighted by atomic mass is 10.4. The zero-order valence-corrected chi connectivity index (χ0v) is 8.56. The van der Waals surface area contributed by atoms with E-state index < -0.39 is 11.9 Å². The van der Waals surface area contributed by atoms with Crippen molar-refractivity contribution in [1.82, 2.24) is 20.1 Å². The van der Waals surface area contributed by atoms with E-state index in [0.717, 1.165) is 0 Å². The van der Waals surface area contributed by atoms with Crippen LogP contribution in [-0.2, 0) is 9.53 Å². The minimum Gasteiger partial charge on any atom is -0.465 e. The number of aromatic amines is 1. The fourth-order valence-corrected chi connectivity index (χ4v) is 0.961. The average molecular weight is 212 g/mol. The Labute approximate surface area is 86.4 Å². The van der Waals surface area contributed by atoms with Gasteiger partial charge in [0, 0.05) is 7.05 Å². The van der Waals surface area contributed by atoms with Gasteiger partial charge in [-0.3, -0.25) is 14.7 Å². The Bertz CT molecular complexity index is 336. The zero-order valence-electron chi connectivity index (χ0n) is 8.56. The second-order valence-electron chi connectivity index (χ2n) is 2.80. The van der Waals surface area contributed by atoms with E-state index in [0.29, 0.717) is 6.61 Å². The highest BCUT2D eigenvalue weighted by Crippen LogP contribution is 1.95. The maximum absolute atomic E-state index is 11.5. The lowest BCUT2D eigenvalue weighted by molar-refractivity contribution is -0.143. The lowest BCUT2D eigenvalue weighted by Crippen LogP contribution is -2.33. The molecule has 1 aromatic heterocycles. The van der Waals surface area contributed by atoms with Gasteiger partial charge in [0.15, 0.2) is 0 Å². The number of rotatable bonds is 4. The SMILES string of the molecule is CCOC(=O)CN(C)C(=O)c1ncn[nH]1. The van der Waals surface area contributed by atoms with Gasteiger partial charge in [-0.2, -0.15) is 5.10 Å². The van der Waals surface area contributed by atoms with Gasteiger partial charge in [0.05, 0.1) is 6.61 Å². The molecule has 1 heterocycles. The van der Waals surface area contributed by atoms with Crippen LogP contribution in [0.25, 0.3) is 0 Å². The molecule has 0 bridgehead atoms. The van der Waals surface area contributed by atoms with E-state index in [1.807, 2.05) is 0 Å². The number of hydrogen-bond acceptors (Lipinski definition) is 5. The first kappa shape index (κ1) is 11.2. The third kappa shape index (κ3) is 3.04. The lowest BCUT2D eigenvalue weighted by Gasteiger charge is -2.13. The minimum absolute atomic E-state index is 0.0989. The maximum atomic E-state index is 11.5. The summed E-state index contributed by atoms with van der Waals surface area (Å²) < 4.78 is 4.70. The Hall–Kier alpha value is -1.92. The molecule has 0 aliphatic rings. The molecule has 1 N–H and O–H groups in total. The predicted molar refractivity (Wildman–Crippen MR) is 50.0 cm³/mol. The number of ether oxygens (including phenoxy) is 1. The first-order valence-corrected chi connectivity index (χ1v) is 4.41. The molecular weight excluding hydrogens is 200 g/mol. The summed E-state index contributed by atoms with van der Waals surface area (Å²) in [7, 11) is 1.49. The van der Waals surface area contributed by atoms with Crippen LogP contribution in [0.4, 0.5) is 0 Å². The minimum atomic E-state index is -0.451. The van der Waals surface area contributed by atoms with Gasteiger partial charge in [-0.1, -0.05) is 0 Å². The number of esters is 1. The third-order valence-electron chi connectivity index (χ3n) is 1.64. The summed E-state index contributed by atoms with van der Waals surface area (Å²) in [5.74, 6) is -0.754.